The number of urea groups is 1. The molecular weight excluding hydrogens is 262 g/mol. The van der Waals surface area contributed by atoms with Crippen LogP contribution in [0.1, 0.15) is 34.1 Å². The summed E-state index contributed by atoms with van der Waals surface area (Å²) in [5.74, 6) is -2.81. The third kappa shape index (κ3) is 3.15. The fourth-order valence-corrected chi connectivity index (χ4v) is 2.07. The highest BCUT2D eigenvalue weighted by Gasteiger charge is 2.45. The molecule has 1 saturated heterocycles. The number of carbonyl (C=O) groups is 4. The molecule has 1 fully saturated rings. The standard InChI is InChI=1S/C13H21N3O4/c1-5-6-14-10(17)8(4)16-12(19)9(7(2)3)11(18)15-13(16)20/h7-9H,5-6H2,1-4H3,(H,14,17)(H,15,18,20). The molecule has 7 heteroatoms. The van der Waals surface area contributed by atoms with Crippen molar-refractivity contribution in [3.05, 3.63) is 0 Å². The van der Waals surface area contributed by atoms with Crippen LogP contribution < -0.4 is 10.6 Å². The zero-order valence-electron chi connectivity index (χ0n) is 12.2. The van der Waals surface area contributed by atoms with Crippen molar-refractivity contribution in [1.29, 1.82) is 0 Å². The van der Waals surface area contributed by atoms with Crippen molar-refractivity contribution in [1.82, 2.24) is 15.5 Å². The first kappa shape index (κ1) is 16.1. The van der Waals surface area contributed by atoms with Gasteiger partial charge in [0.1, 0.15) is 12.0 Å². The van der Waals surface area contributed by atoms with Crippen LogP contribution in [0, 0.1) is 11.8 Å². The van der Waals surface area contributed by atoms with E-state index in [1.54, 1.807) is 13.8 Å². The van der Waals surface area contributed by atoms with E-state index in [1.807, 2.05) is 6.92 Å². The summed E-state index contributed by atoms with van der Waals surface area (Å²) in [6, 6.07) is -1.78. The van der Waals surface area contributed by atoms with E-state index in [1.165, 1.54) is 6.92 Å². The van der Waals surface area contributed by atoms with E-state index in [2.05, 4.69) is 10.6 Å². The van der Waals surface area contributed by atoms with Crippen molar-refractivity contribution in [2.24, 2.45) is 11.8 Å². The molecule has 1 rings (SSSR count). The van der Waals surface area contributed by atoms with Gasteiger partial charge in [0.2, 0.25) is 17.7 Å². The van der Waals surface area contributed by atoms with E-state index in [0.29, 0.717) is 6.54 Å². The van der Waals surface area contributed by atoms with E-state index in [4.69, 9.17) is 0 Å². The molecule has 112 valence electrons. The minimum Gasteiger partial charge on any atom is -0.354 e. The maximum Gasteiger partial charge on any atom is 0.331 e. The molecular formula is C13H21N3O4. The van der Waals surface area contributed by atoms with Crippen molar-refractivity contribution in [3.8, 4) is 0 Å². The molecule has 20 heavy (non-hydrogen) atoms. The van der Waals surface area contributed by atoms with Crippen molar-refractivity contribution in [2.45, 2.75) is 40.2 Å². The van der Waals surface area contributed by atoms with Crippen LogP contribution in [0.15, 0.2) is 0 Å². The second-order valence-electron chi connectivity index (χ2n) is 5.19. The molecule has 0 aromatic rings. The van der Waals surface area contributed by atoms with Crippen LogP contribution in [0.2, 0.25) is 0 Å². The Balaban J connectivity index is 2.92. The zero-order chi connectivity index (χ0) is 15.4. The topological polar surface area (TPSA) is 95.6 Å². The predicted molar refractivity (Wildman–Crippen MR) is 71.5 cm³/mol. The second kappa shape index (κ2) is 6.49. The molecule has 7 nitrogen and oxygen atoms in total. The minimum atomic E-state index is -0.941. The summed E-state index contributed by atoms with van der Waals surface area (Å²) in [4.78, 5) is 48.5. The minimum absolute atomic E-state index is 0.246. The Morgan fingerprint density at radius 2 is 1.90 bits per heavy atom. The number of rotatable bonds is 5. The van der Waals surface area contributed by atoms with Crippen LogP contribution >= 0.6 is 0 Å². The van der Waals surface area contributed by atoms with E-state index < -0.39 is 35.7 Å². The van der Waals surface area contributed by atoms with Gasteiger partial charge in [-0.05, 0) is 19.3 Å². The van der Waals surface area contributed by atoms with E-state index >= 15 is 0 Å². The van der Waals surface area contributed by atoms with E-state index in [9.17, 15) is 19.2 Å². The van der Waals surface area contributed by atoms with Gasteiger partial charge in [0.25, 0.3) is 0 Å². The summed E-state index contributed by atoms with van der Waals surface area (Å²) < 4.78 is 0. The summed E-state index contributed by atoms with van der Waals surface area (Å²) in [5, 5.41) is 4.76. The number of hydrogen-bond donors (Lipinski definition) is 2. The Labute approximate surface area is 118 Å². The van der Waals surface area contributed by atoms with Crippen molar-refractivity contribution < 1.29 is 19.2 Å². The van der Waals surface area contributed by atoms with E-state index in [-0.39, 0.29) is 5.92 Å². The van der Waals surface area contributed by atoms with Gasteiger partial charge >= 0.3 is 6.03 Å². The number of imide groups is 2. The molecule has 2 N–H and O–H groups in total. The van der Waals surface area contributed by atoms with E-state index in [0.717, 1.165) is 11.3 Å². The maximum absolute atomic E-state index is 12.3. The Morgan fingerprint density at radius 1 is 1.30 bits per heavy atom. The lowest BCUT2D eigenvalue weighted by Crippen LogP contribution is -2.63. The summed E-state index contributed by atoms with van der Waals surface area (Å²) in [6.07, 6.45) is 0.756. The first-order valence-corrected chi connectivity index (χ1v) is 6.76. The van der Waals surface area contributed by atoms with Crippen LogP contribution in [0.5, 0.6) is 0 Å². The molecule has 0 aromatic heterocycles. The summed E-state index contributed by atoms with van der Waals surface area (Å²) >= 11 is 0. The van der Waals surface area contributed by atoms with Crippen LogP contribution in [-0.4, -0.2) is 41.2 Å². The molecule has 0 bridgehead atoms. The molecule has 1 aliphatic heterocycles. The molecule has 5 amide bonds. The second-order valence-corrected chi connectivity index (χ2v) is 5.19. The molecule has 1 heterocycles. The quantitative estimate of drug-likeness (QED) is 0.707. The van der Waals surface area contributed by atoms with Gasteiger partial charge in [-0.1, -0.05) is 20.8 Å². The van der Waals surface area contributed by atoms with Gasteiger partial charge in [-0.2, -0.15) is 0 Å². The monoisotopic (exact) mass is 283 g/mol. The number of barbiturate groups is 1. The molecule has 2 unspecified atom stereocenters. The van der Waals surface area contributed by atoms with Gasteiger partial charge in [0, 0.05) is 6.54 Å². The number of nitrogens with zero attached hydrogens (tertiary/aromatic N) is 1. The van der Waals surface area contributed by atoms with Gasteiger partial charge in [0.15, 0.2) is 0 Å². The Morgan fingerprint density at radius 3 is 2.40 bits per heavy atom. The van der Waals surface area contributed by atoms with Crippen LogP contribution in [0.25, 0.3) is 0 Å². The lowest BCUT2D eigenvalue weighted by atomic mass is 9.91. The molecule has 0 saturated carbocycles. The number of carbonyl (C=O) groups excluding carboxylic acids is 4. The number of hydrogen-bond acceptors (Lipinski definition) is 4. The van der Waals surface area contributed by atoms with Crippen LogP contribution in [-0.2, 0) is 14.4 Å². The van der Waals surface area contributed by atoms with Gasteiger partial charge in [-0.15, -0.1) is 0 Å². The largest absolute Gasteiger partial charge is 0.354 e. The van der Waals surface area contributed by atoms with Gasteiger partial charge in [-0.25, -0.2) is 4.79 Å². The van der Waals surface area contributed by atoms with Crippen molar-refractivity contribution in [2.75, 3.05) is 6.54 Å². The fourth-order valence-electron chi connectivity index (χ4n) is 2.07. The number of amides is 5. The van der Waals surface area contributed by atoms with Crippen molar-refractivity contribution in [3.63, 3.8) is 0 Å². The van der Waals surface area contributed by atoms with Gasteiger partial charge in [0.05, 0.1) is 0 Å². The lowest BCUT2D eigenvalue weighted by Gasteiger charge is -2.34. The lowest BCUT2D eigenvalue weighted by molar-refractivity contribution is -0.148. The average molecular weight is 283 g/mol. The van der Waals surface area contributed by atoms with Crippen LogP contribution in [0.3, 0.4) is 0 Å². The third-order valence-corrected chi connectivity index (χ3v) is 3.22. The van der Waals surface area contributed by atoms with Crippen molar-refractivity contribution >= 4 is 23.8 Å². The smallest absolute Gasteiger partial charge is 0.331 e. The summed E-state index contributed by atoms with van der Waals surface area (Å²) in [5.41, 5.74) is 0. The number of nitrogens with one attached hydrogen (secondary N) is 2. The van der Waals surface area contributed by atoms with Crippen LogP contribution in [0.4, 0.5) is 4.79 Å². The molecule has 1 aliphatic rings. The molecule has 0 aromatic carbocycles. The highest BCUT2D eigenvalue weighted by Crippen LogP contribution is 2.20. The predicted octanol–water partition coefficient (Wildman–Crippen LogP) is 0.252. The molecule has 0 spiro atoms. The fraction of sp³-hybridized carbons (Fsp3) is 0.692. The van der Waals surface area contributed by atoms with Gasteiger partial charge in [-0.3, -0.25) is 24.6 Å². The Kier molecular flexibility index (Phi) is 5.24. The molecule has 2 atom stereocenters. The Hall–Kier alpha value is -1.92. The van der Waals surface area contributed by atoms with Gasteiger partial charge < -0.3 is 5.32 Å². The first-order chi connectivity index (χ1) is 9.31. The zero-order valence-corrected chi connectivity index (χ0v) is 12.2. The summed E-state index contributed by atoms with van der Waals surface area (Å²) in [7, 11) is 0. The summed E-state index contributed by atoms with van der Waals surface area (Å²) in [6.45, 7) is 7.28. The normalized spacial score (nSPS) is 20.9. The highest BCUT2D eigenvalue weighted by atomic mass is 16.2. The first-order valence-electron chi connectivity index (χ1n) is 6.76. The third-order valence-electron chi connectivity index (χ3n) is 3.22. The Bertz CT molecular complexity index is 433. The average Bonchev–Trinajstić information content (AvgIpc) is 2.34. The SMILES string of the molecule is CCCNC(=O)C(C)N1C(=O)NC(=O)C(C(C)C)C1=O. The maximum atomic E-state index is 12.3. The molecule has 0 radical (unpaired) electrons. The highest BCUT2D eigenvalue weighted by molar-refractivity contribution is 6.17. The molecule has 0 aliphatic carbocycles.